The Hall–Kier alpha value is -2.65. The number of carboxylic acids is 2. The minimum atomic E-state index is -1.29. The molecule has 0 aliphatic carbocycles. The molecule has 1 heterocycles. The van der Waals surface area contributed by atoms with E-state index in [2.05, 4.69) is 20.5 Å². The Morgan fingerprint density at radius 1 is 1.38 bits per heavy atom. The van der Waals surface area contributed by atoms with E-state index in [1.165, 1.54) is 11.9 Å². The maximum absolute atomic E-state index is 11.9. The molecule has 4 N–H and O–H groups in total. The van der Waals surface area contributed by atoms with Crippen LogP contribution in [0.15, 0.2) is 0 Å². The third-order valence-corrected chi connectivity index (χ3v) is 2.61. The Labute approximate surface area is 120 Å². The van der Waals surface area contributed by atoms with E-state index in [0.29, 0.717) is 11.6 Å². The number of hydrogen-bond acceptors (Lipinski definition) is 5. The van der Waals surface area contributed by atoms with Crippen LogP contribution in [0.2, 0.25) is 0 Å². The molecular weight excluding hydrogens is 282 g/mol. The van der Waals surface area contributed by atoms with E-state index in [9.17, 15) is 14.4 Å². The Kier molecular flexibility index (Phi) is 5.64. The van der Waals surface area contributed by atoms with E-state index >= 15 is 0 Å². The number of rotatable bonds is 7. The Morgan fingerprint density at radius 2 is 2.05 bits per heavy atom. The molecule has 21 heavy (non-hydrogen) atoms. The van der Waals surface area contributed by atoms with Gasteiger partial charge in [-0.25, -0.2) is 14.6 Å². The molecule has 0 saturated carbocycles. The third-order valence-electron chi connectivity index (χ3n) is 2.61. The highest BCUT2D eigenvalue weighted by molar-refractivity contribution is 5.82. The summed E-state index contributed by atoms with van der Waals surface area (Å²) in [5.74, 6) is -1.42. The summed E-state index contributed by atoms with van der Waals surface area (Å²) >= 11 is 0. The van der Waals surface area contributed by atoms with E-state index < -0.39 is 24.0 Å². The van der Waals surface area contributed by atoms with Crippen molar-refractivity contribution in [2.24, 2.45) is 0 Å². The predicted molar refractivity (Wildman–Crippen MR) is 69.4 cm³/mol. The molecule has 10 heteroatoms. The number of carboxylic acid groups (broad SMARTS) is 2. The molecule has 0 aliphatic heterocycles. The minimum Gasteiger partial charge on any atom is -0.481 e. The van der Waals surface area contributed by atoms with Crippen LogP contribution in [0.4, 0.5) is 4.79 Å². The van der Waals surface area contributed by atoms with Gasteiger partial charge in [-0.3, -0.25) is 9.89 Å². The van der Waals surface area contributed by atoms with Crippen molar-refractivity contribution in [1.82, 2.24) is 25.4 Å². The predicted octanol–water partition coefficient (Wildman–Crippen LogP) is -0.427. The van der Waals surface area contributed by atoms with E-state index in [1.807, 2.05) is 0 Å². The molecule has 0 aromatic carbocycles. The second-order valence-corrected chi connectivity index (χ2v) is 4.47. The molecule has 2 amide bonds. The molecule has 10 nitrogen and oxygen atoms in total. The summed E-state index contributed by atoms with van der Waals surface area (Å²) in [6.45, 7) is 1.81. The quantitative estimate of drug-likeness (QED) is 0.533. The van der Waals surface area contributed by atoms with Gasteiger partial charge < -0.3 is 20.4 Å². The molecule has 0 aliphatic rings. The van der Waals surface area contributed by atoms with Gasteiger partial charge in [-0.05, 0) is 13.3 Å². The highest BCUT2D eigenvalue weighted by Gasteiger charge is 2.23. The number of carbonyl (C=O) groups excluding carboxylic acids is 1. The first-order valence-corrected chi connectivity index (χ1v) is 6.13. The summed E-state index contributed by atoms with van der Waals surface area (Å²) in [6, 6.07) is -1.90. The largest absolute Gasteiger partial charge is 0.481 e. The average molecular weight is 299 g/mol. The van der Waals surface area contributed by atoms with Gasteiger partial charge in [0, 0.05) is 13.5 Å². The normalized spacial score (nSPS) is 11.7. The number of H-pyrrole nitrogens is 1. The van der Waals surface area contributed by atoms with Crippen molar-refractivity contribution in [3.05, 3.63) is 11.6 Å². The van der Waals surface area contributed by atoms with Crippen LogP contribution in [-0.4, -0.2) is 61.4 Å². The number of hydrogen-bond donors (Lipinski definition) is 4. The molecular formula is C11H17N5O5. The van der Waals surface area contributed by atoms with Crippen LogP contribution >= 0.6 is 0 Å². The number of amides is 2. The smallest absolute Gasteiger partial charge is 0.326 e. The van der Waals surface area contributed by atoms with Gasteiger partial charge in [-0.1, -0.05) is 0 Å². The molecule has 0 radical (unpaired) electrons. The summed E-state index contributed by atoms with van der Waals surface area (Å²) in [7, 11) is 1.46. The summed E-state index contributed by atoms with van der Waals surface area (Å²) in [6.07, 6.45) is -0.537. The standard InChI is InChI=1S/C11H17N5O5/c1-6-12-8(15-14-6)5-16(2)11(21)13-7(10(19)20)3-4-9(17)18/h7H,3-5H2,1-2H3,(H,13,21)(H,17,18)(H,19,20)(H,12,14,15). The molecule has 0 saturated heterocycles. The van der Waals surface area contributed by atoms with Gasteiger partial charge in [-0.15, -0.1) is 0 Å². The van der Waals surface area contributed by atoms with E-state index in [0.717, 1.165) is 0 Å². The zero-order chi connectivity index (χ0) is 16.0. The van der Waals surface area contributed by atoms with Gasteiger partial charge >= 0.3 is 18.0 Å². The van der Waals surface area contributed by atoms with Crippen molar-refractivity contribution in [3.63, 3.8) is 0 Å². The van der Waals surface area contributed by atoms with Crippen LogP contribution < -0.4 is 5.32 Å². The SMILES string of the molecule is Cc1nc(CN(C)C(=O)NC(CCC(=O)O)C(=O)O)n[nH]1. The first-order chi connectivity index (χ1) is 9.79. The monoisotopic (exact) mass is 299 g/mol. The van der Waals surface area contributed by atoms with E-state index in [1.54, 1.807) is 6.92 Å². The van der Waals surface area contributed by atoms with Crippen LogP contribution in [0.25, 0.3) is 0 Å². The first kappa shape index (κ1) is 16.4. The molecule has 1 rings (SSSR count). The fraction of sp³-hybridized carbons (Fsp3) is 0.545. The van der Waals surface area contributed by atoms with Crippen molar-refractivity contribution in [2.45, 2.75) is 32.4 Å². The van der Waals surface area contributed by atoms with E-state index in [4.69, 9.17) is 10.2 Å². The minimum absolute atomic E-state index is 0.0987. The molecule has 1 aromatic heterocycles. The van der Waals surface area contributed by atoms with Crippen molar-refractivity contribution in [2.75, 3.05) is 7.05 Å². The number of aliphatic carboxylic acids is 2. The van der Waals surface area contributed by atoms with Gasteiger partial charge in [0.2, 0.25) is 0 Å². The zero-order valence-corrected chi connectivity index (χ0v) is 11.7. The summed E-state index contributed by atoms with van der Waals surface area (Å²) in [4.78, 5) is 38.5. The zero-order valence-electron chi connectivity index (χ0n) is 11.7. The number of carbonyl (C=O) groups is 3. The lowest BCUT2D eigenvalue weighted by Crippen LogP contribution is -2.46. The summed E-state index contributed by atoms with van der Waals surface area (Å²) in [5, 5.41) is 26.2. The Balaban J connectivity index is 2.55. The highest BCUT2D eigenvalue weighted by atomic mass is 16.4. The molecule has 1 aromatic rings. The van der Waals surface area contributed by atoms with Crippen molar-refractivity contribution < 1.29 is 24.6 Å². The Morgan fingerprint density at radius 3 is 2.52 bits per heavy atom. The van der Waals surface area contributed by atoms with Gasteiger partial charge in [0.25, 0.3) is 0 Å². The third kappa shape index (κ3) is 5.47. The topological polar surface area (TPSA) is 149 Å². The Bertz CT molecular complexity index is 529. The second kappa shape index (κ2) is 7.22. The highest BCUT2D eigenvalue weighted by Crippen LogP contribution is 2.01. The lowest BCUT2D eigenvalue weighted by molar-refractivity contribution is -0.140. The average Bonchev–Trinajstić information content (AvgIpc) is 2.78. The van der Waals surface area contributed by atoms with Crippen LogP contribution in [-0.2, 0) is 16.1 Å². The maximum Gasteiger partial charge on any atom is 0.326 e. The number of urea groups is 1. The van der Waals surface area contributed by atoms with Gasteiger partial charge in [0.05, 0.1) is 6.54 Å². The molecule has 0 bridgehead atoms. The second-order valence-electron chi connectivity index (χ2n) is 4.47. The lowest BCUT2D eigenvalue weighted by atomic mass is 10.1. The van der Waals surface area contributed by atoms with Crippen molar-refractivity contribution >= 4 is 18.0 Å². The summed E-state index contributed by atoms with van der Waals surface area (Å²) < 4.78 is 0. The number of aryl methyl sites for hydroxylation is 1. The maximum atomic E-state index is 11.9. The fourth-order valence-electron chi connectivity index (χ4n) is 1.53. The number of aromatic nitrogens is 3. The van der Waals surface area contributed by atoms with Crippen LogP contribution in [0, 0.1) is 6.92 Å². The molecule has 0 spiro atoms. The van der Waals surface area contributed by atoms with Gasteiger partial charge in [0.1, 0.15) is 11.9 Å². The van der Waals surface area contributed by atoms with Crippen molar-refractivity contribution in [3.8, 4) is 0 Å². The molecule has 0 fully saturated rings. The van der Waals surface area contributed by atoms with Gasteiger partial charge in [0.15, 0.2) is 5.82 Å². The lowest BCUT2D eigenvalue weighted by Gasteiger charge is -2.20. The van der Waals surface area contributed by atoms with E-state index in [-0.39, 0.29) is 19.4 Å². The van der Waals surface area contributed by atoms with Crippen LogP contribution in [0.3, 0.4) is 0 Å². The number of nitrogens with zero attached hydrogens (tertiary/aromatic N) is 3. The number of nitrogens with one attached hydrogen (secondary N) is 2. The first-order valence-electron chi connectivity index (χ1n) is 6.13. The van der Waals surface area contributed by atoms with Crippen LogP contribution in [0.5, 0.6) is 0 Å². The van der Waals surface area contributed by atoms with Crippen LogP contribution in [0.1, 0.15) is 24.5 Å². The van der Waals surface area contributed by atoms with Gasteiger partial charge in [-0.2, -0.15) is 5.10 Å². The molecule has 116 valence electrons. The number of aromatic amines is 1. The fourth-order valence-corrected chi connectivity index (χ4v) is 1.53. The van der Waals surface area contributed by atoms with Crippen molar-refractivity contribution in [1.29, 1.82) is 0 Å². The molecule has 1 atom stereocenters. The molecule has 1 unspecified atom stereocenters. The summed E-state index contributed by atoms with van der Waals surface area (Å²) in [5.41, 5.74) is 0.